The number of carbonyl (C=O) groups excluding carboxylic acids is 1. The van der Waals surface area contributed by atoms with Crippen LogP contribution in [0.4, 0.5) is 0 Å². The van der Waals surface area contributed by atoms with Gasteiger partial charge in [-0.2, -0.15) is 0 Å². The zero-order chi connectivity index (χ0) is 13.1. The summed E-state index contributed by atoms with van der Waals surface area (Å²) in [4.78, 5) is 15.5. The molecule has 0 amide bonds. The fourth-order valence-electron chi connectivity index (χ4n) is 2.61. The number of hydrogen-bond donors (Lipinski definition) is 0. The molecule has 1 aromatic rings. The van der Waals surface area contributed by atoms with Crippen molar-refractivity contribution in [3.63, 3.8) is 0 Å². The molecule has 0 spiro atoms. The Labute approximate surface area is 119 Å². The molecule has 2 saturated carbocycles. The first kappa shape index (κ1) is 13.3. The van der Waals surface area contributed by atoms with Gasteiger partial charge >= 0.3 is 0 Å². The van der Waals surface area contributed by atoms with Crippen molar-refractivity contribution in [2.45, 2.75) is 38.5 Å². The van der Waals surface area contributed by atoms with Crippen LogP contribution in [0.1, 0.15) is 48.2 Å². The molecule has 3 rings (SSSR count). The molecule has 1 heterocycles. The predicted octanol–water partition coefficient (Wildman–Crippen LogP) is 3.83. The van der Waals surface area contributed by atoms with Gasteiger partial charge in [0.2, 0.25) is 0 Å². The summed E-state index contributed by atoms with van der Waals surface area (Å²) in [5, 5.41) is 1.99. The molecule has 1 aromatic heterocycles. The first-order valence-electron chi connectivity index (χ1n) is 7.60. The van der Waals surface area contributed by atoms with Gasteiger partial charge < -0.3 is 4.90 Å². The largest absolute Gasteiger partial charge is 0.303 e. The van der Waals surface area contributed by atoms with E-state index < -0.39 is 0 Å². The normalized spacial score (nSPS) is 19.0. The molecule has 0 atom stereocenters. The van der Waals surface area contributed by atoms with Crippen LogP contribution in [0, 0.1) is 11.8 Å². The highest BCUT2D eigenvalue weighted by Gasteiger charge is 2.28. The molecule has 2 fully saturated rings. The minimum atomic E-state index is 0.327. The summed E-state index contributed by atoms with van der Waals surface area (Å²) in [5.74, 6) is 2.26. The second-order valence-corrected chi connectivity index (χ2v) is 7.10. The van der Waals surface area contributed by atoms with Gasteiger partial charge in [-0.25, -0.2) is 0 Å². The minimum absolute atomic E-state index is 0.327. The number of thiophene rings is 1. The first-order chi connectivity index (χ1) is 9.31. The molecule has 0 unspecified atom stereocenters. The molecule has 2 aliphatic carbocycles. The molecule has 0 saturated heterocycles. The molecule has 0 aliphatic heterocycles. The average molecular weight is 277 g/mol. The number of carbonyl (C=O) groups is 1. The van der Waals surface area contributed by atoms with Crippen LogP contribution in [0.5, 0.6) is 0 Å². The molecular weight excluding hydrogens is 254 g/mol. The van der Waals surface area contributed by atoms with Crippen molar-refractivity contribution in [2.24, 2.45) is 11.8 Å². The maximum absolute atomic E-state index is 11.9. The van der Waals surface area contributed by atoms with Crippen molar-refractivity contribution in [3.8, 4) is 0 Å². The Balaban J connectivity index is 1.39. The third-order valence-corrected chi connectivity index (χ3v) is 5.01. The summed E-state index contributed by atoms with van der Waals surface area (Å²) in [7, 11) is 0. The van der Waals surface area contributed by atoms with Gasteiger partial charge in [-0.05, 0) is 61.9 Å². The van der Waals surface area contributed by atoms with E-state index >= 15 is 0 Å². The van der Waals surface area contributed by atoms with E-state index in [1.807, 2.05) is 17.5 Å². The Morgan fingerprint density at radius 1 is 1.21 bits per heavy atom. The van der Waals surface area contributed by atoms with Crippen molar-refractivity contribution >= 4 is 17.1 Å². The van der Waals surface area contributed by atoms with Crippen LogP contribution in [-0.4, -0.2) is 30.3 Å². The van der Waals surface area contributed by atoms with Gasteiger partial charge in [0.1, 0.15) is 0 Å². The topological polar surface area (TPSA) is 20.3 Å². The smallest absolute Gasteiger partial charge is 0.172 e. The molecule has 2 aliphatic rings. The summed E-state index contributed by atoms with van der Waals surface area (Å²) < 4.78 is 0. The first-order valence-corrected chi connectivity index (χ1v) is 8.48. The summed E-state index contributed by atoms with van der Waals surface area (Å²) in [6, 6.07) is 3.91. The third-order valence-electron chi connectivity index (χ3n) is 4.10. The summed E-state index contributed by atoms with van der Waals surface area (Å²) in [6.07, 6.45) is 7.44. The van der Waals surface area contributed by atoms with Gasteiger partial charge in [0, 0.05) is 19.5 Å². The maximum atomic E-state index is 11.9. The molecule has 0 radical (unpaired) electrons. The fraction of sp³-hybridized carbons (Fsp3) is 0.688. The quantitative estimate of drug-likeness (QED) is 0.639. The van der Waals surface area contributed by atoms with E-state index in [0.29, 0.717) is 12.2 Å². The van der Waals surface area contributed by atoms with Crippen LogP contribution in [0.25, 0.3) is 0 Å². The lowest BCUT2D eigenvalue weighted by atomic mass is 10.2. The van der Waals surface area contributed by atoms with E-state index in [0.717, 1.165) is 29.7 Å². The molecule has 104 valence electrons. The zero-order valence-electron chi connectivity index (χ0n) is 11.5. The van der Waals surface area contributed by atoms with E-state index in [2.05, 4.69) is 4.90 Å². The van der Waals surface area contributed by atoms with Crippen molar-refractivity contribution in [2.75, 3.05) is 19.6 Å². The Kier molecular flexibility index (Phi) is 4.34. The Bertz CT molecular complexity index is 392. The van der Waals surface area contributed by atoms with Crippen LogP contribution in [-0.2, 0) is 0 Å². The van der Waals surface area contributed by atoms with Gasteiger partial charge in [0.15, 0.2) is 5.78 Å². The van der Waals surface area contributed by atoms with E-state index in [4.69, 9.17) is 0 Å². The molecular formula is C16H23NOS. The van der Waals surface area contributed by atoms with E-state index in [-0.39, 0.29) is 0 Å². The lowest BCUT2D eigenvalue weighted by Crippen LogP contribution is -2.29. The lowest BCUT2D eigenvalue weighted by molar-refractivity contribution is 0.0978. The van der Waals surface area contributed by atoms with E-state index in [1.165, 1.54) is 38.8 Å². The minimum Gasteiger partial charge on any atom is -0.303 e. The van der Waals surface area contributed by atoms with Gasteiger partial charge in [-0.1, -0.05) is 6.07 Å². The second kappa shape index (κ2) is 6.19. The summed E-state index contributed by atoms with van der Waals surface area (Å²) >= 11 is 1.57. The predicted molar refractivity (Wildman–Crippen MR) is 79.8 cm³/mol. The van der Waals surface area contributed by atoms with Crippen molar-refractivity contribution in [3.05, 3.63) is 22.4 Å². The van der Waals surface area contributed by atoms with Crippen LogP contribution in [0.3, 0.4) is 0 Å². The maximum Gasteiger partial charge on any atom is 0.172 e. The summed E-state index contributed by atoms with van der Waals surface area (Å²) in [6.45, 7) is 3.68. The fourth-order valence-corrected chi connectivity index (χ4v) is 3.31. The third kappa shape index (κ3) is 4.43. The lowest BCUT2D eigenvalue weighted by Gasteiger charge is -2.21. The Morgan fingerprint density at radius 2 is 1.89 bits per heavy atom. The highest BCUT2D eigenvalue weighted by atomic mass is 32.1. The highest BCUT2D eigenvalue weighted by Crippen LogP contribution is 2.33. The molecule has 19 heavy (non-hydrogen) atoms. The number of ketones is 1. The van der Waals surface area contributed by atoms with Crippen molar-refractivity contribution in [1.29, 1.82) is 0 Å². The number of rotatable bonds is 9. The van der Waals surface area contributed by atoms with E-state index in [1.54, 1.807) is 11.3 Å². The molecule has 2 nitrogen and oxygen atoms in total. The van der Waals surface area contributed by atoms with Gasteiger partial charge in [0.25, 0.3) is 0 Å². The number of Topliss-reactive ketones (excluding diaryl/α,β-unsaturated/α-hetero) is 1. The SMILES string of the molecule is O=C(CCCN(CC1CC1)CC1CC1)c1cccs1. The number of hydrogen-bond acceptors (Lipinski definition) is 3. The standard InChI is InChI=1S/C16H23NOS/c18-15(16-4-2-10-19-16)3-1-9-17(11-13-5-6-13)12-14-7-8-14/h2,4,10,13-14H,1,3,5-9,11-12H2. The second-order valence-electron chi connectivity index (χ2n) is 6.15. The average Bonchev–Trinajstić information content (AvgIpc) is 3.32. The molecule has 3 heteroatoms. The van der Waals surface area contributed by atoms with Crippen LogP contribution < -0.4 is 0 Å². The molecule has 0 N–H and O–H groups in total. The number of nitrogens with zero attached hydrogens (tertiary/aromatic N) is 1. The zero-order valence-corrected chi connectivity index (χ0v) is 12.3. The van der Waals surface area contributed by atoms with E-state index in [9.17, 15) is 4.79 Å². The van der Waals surface area contributed by atoms with Crippen molar-refractivity contribution in [1.82, 2.24) is 4.90 Å². The van der Waals surface area contributed by atoms with Crippen molar-refractivity contribution < 1.29 is 4.79 Å². The summed E-state index contributed by atoms with van der Waals surface area (Å²) in [5.41, 5.74) is 0. The Hall–Kier alpha value is -0.670. The van der Waals surface area contributed by atoms with Gasteiger partial charge in [-0.15, -0.1) is 11.3 Å². The highest BCUT2D eigenvalue weighted by molar-refractivity contribution is 7.12. The monoisotopic (exact) mass is 277 g/mol. The van der Waals surface area contributed by atoms with Gasteiger partial charge in [0.05, 0.1) is 4.88 Å². The van der Waals surface area contributed by atoms with Crippen LogP contribution in [0.2, 0.25) is 0 Å². The molecule has 0 aromatic carbocycles. The van der Waals surface area contributed by atoms with Crippen LogP contribution in [0.15, 0.2) is 17.5 Å². The Morgan fingerprint density at radius 3 is 2.42 bits per heavy atom. The molecule has 0 bridgehead atoms. The van der Waals surface area contributed by atoms with Gasteiger partial charge in [-0.3, -0.25) is 4.79 Å². The van der Waals surface area contributed by atoms with Crippen LogP contribution >= 0.6 is 11.3 Å².